The van der Waals surface area contributed by atoms with Crippen molar-refractivity contribution in [3.8, 4) is 0 Å². The van der Waals surface area contributed by atoms with E-state index in [1.54, 1.807) is 0 Å². The molecule has 0 atom stereocenters. The predicted molar refractivity (Wildman–Crippen MR) is 101 cm³/mol. The second-order valence-corrected chi connectivity index (χ2v) is 8.34. The molecular weight excluding hydrogens is 340 g/mol. The molecule has 2 heterocycles. The van der Waals surface area contributed by atoms with Crippen molar-refractivity contribution < 1.29 is 10.0 Å². The minimum Gasteiger partial charge on any atom is -0.393 e. The van der Waals surface area contributed by atoms with Crippen molar-refractivity contribution in [3.63, 3.8) is 0 Å². The van der Waals surface area contributed by atoms with Crippen LogP contribution in [0, 0.1) is 3.95 Å². The van der Waals surface area contributed by atoms with Gasteiger partial charge in [-0.25, -0.2) is 0 Å². The lowest BCUT2D eigenvalue weighted by molar-refractivity contribution is -0.929. The summed E-state index contributed by atoms with van der Waals surface area (Å²) in [6.07, 6.45) is 1.59. The average Bonchev–Trinajstić information content (AvgIpc) is 2.89. The molecule has 0 bridgehead atoms. The molecule has 1 aliphatic rings. The van der Waals surface area contributed by atoms with Gasteiger partial charge >= 0.3 is 0 Å². The topological polar surface area (TPSA) is 54.5 Å². The highest BCUT2D eigenvalue weighted by Crippen LogP contribution is 2.22. The molecule has 0 unspecified atom stereocenters. The zero-order valence-corrected chi connectivity index (χ0v) is 15.8. The quantitative estimate of drug-likeness (QED) is 0.713. The van der Waals surface area contributed by atoms with Gasteiger partial charge in [-0.05, 0) is 35.8 Å². The fraction of sp³-hybridized carbons (Fsp3) is 0.529. The Bertz CT molecular complexity index is 715. The highest BCUT2D eigenvalue weighted by Gasteiger charge is 2.21. The van der Waals surface area contributed by atoms with Gasteiger partial charge in [-0.2, -0.15) is 4.68 Å². The third-order valence-electron chi connectivity index (χ3n) is 4.47. The number of likely N-dealkylation sites (tertiary alicyclic amines) is 1. The smallest absolute Gasteiger partial charge is 0.209 e. The summed E-state index contributed by atoms with van der Waals surface area (Å²) in [5, 5.41) is 18.4. The van der Waals surface area contributed by atoms with Crippen LogP contribution in [0.1, 0.15) is 38.2 Å². The van der Waals surface area contributed by atoms with E-state index in [0.717, 1.165) is 47.4 Å². The molecule has 3 N–H and O–H groups in total. The van der Waals surface area contributed by atoms with Gasteiger partial charge < -0.3 is 15.3 Å². The highest BCUT2D eigenvalue weighted by atomic mass is 32.1. The number of nitrogens with zero attached hydrogens (tertiary/aromatic N) is 2. The minimum absolute atomic E-state index is 0.136. The molecular formula is C17H25N4OS2+. The third-order valence-corrected chi connectivity index (χ3v) is 5.69. The summed E-state index contributed by atoms with van der Waals surface area (Å²) in [6, 6.07) is 8.46. The standard InChI is InChI=1S/C17H24N4OS2/c1-12(2)13-3-5-14(6-4-13)18-16-19-21(17(23)24-16)11-20-9-7-15(22)8-10-20/h3-6,12,15,22H,7-11H2,1-2H3,(H,18,19)/p+1. The Kier molecular flexibility index (Phi) is 5.65. The SMILES string of the molecule is CC(C)c1ccc(Nc2nn(C[NH+]3CCC(O)CC3)c(=S)s2)cc1. The van der Waals surface area contributed by atoms with Crippen molar-refractivity contribution in [2.45, 2.75) is 45.4 Å². The molecule has 0 amide bonds. The molecule has 1 aromatic heterocycles. The lowest BCUT2D eigenvalue weighted by Crippen LogP contribution is -3.12. The van der Waals surface area contributed by atoms with Crippen molar-refractivity contribution in [2.24, 2.45) is 0 Å². The van der Waals surface area contributed by atoms with Gasteiger partial charge in [-0.15, -0.1) is 5.10 Å². The van der Waals surface area contributed by atoms with Gasteiger partial charge in [0.2, 0.25) is 5.13 Å². The minimum atomic E-state index is -0.136. The Morgan fingerprint density at radius 2 is 2.00 bits per heavy atom. The van der Waals surface area contributed by atoms with Crippen LogP contribution in [0.25, 0.3) is 0 Å². The van der Waals surface area contributed by atoms with Gasteiger partial charge in [0.15, 0.2) is 10.6 Å². The summed E-state index contributed by atoms with van der Waals surface area (Å²) >= 11 is 6.95. The van der Waals surface area contributed by atoms with Crippen molar-refractivity contribution in [1.82, 2.24) is 9.78 Å². The van der Waals surface area contributed by atoms with E-state index in [0.29, 0.717) is 5.92 Å². The van der Waals surface area contributed by atoms with E-state index in [9.17, 15) is 5.11 Å². The fourth-order valence-corrected chi connectivity index (χ4v) is 3.94. The number of nitrogens with one attached hydrogen (secondary N) is 2. The Morgan fingerprint density at radius 3 is 2.62 bits per heavy atom. The van der Waals surface area contributed by atoms with Crippen LogP contribution in [-0.2, 0) is 6.67 Å². The average molecular weight is 366 g/mol. The molecule has 0 saturated carbocycles. The van der Waals surface area contributed by atoms with Gasteiger partial charge in [0, 0.05) is 18.5 Å². The maximum absolute atomic E-state index is 9.61. The highest BCUT2D eigenvalue weighted by molar-refractivity contribution is 7.73. The Morgan fingerprint density at radius 1 is 1.33 bits per heavy atom. The van der Waals surface area contributed by atoms with Crippen LogP contribution in [-0.4, -0.2) is 34.1 Å². The van der Waals surface area contributed by atoms with E-state index >= 15 is 0 Å². The lowest BCUT2D eigenvalue weighted by atomic mass is 10.0. The Balaban J connectivity index is 1.64. The molecule has 1 aromatic carbocycles. The molecule has 130 valence electrons. The zero-order chi connectivity index (χ0) is 17.1. The second-order valence-electron chi connectivity index (χ2n) is 6.71. The van der Waals surface area contributed by atoms with Crippen LogP contribution >= 0.6 is 23.6 Å². The van der Waals surface area contributed by atoms with E-state index in [1.165, 1.54) is 21.8 Å². The number of benzene rings is 1. The Labute approximate surface area is 151 Å². The summed E-state index contributed by atoms with van der Waals surface area (Å²) < 4.78 is 2.69. The molecule has 1 saturated heterocycles. The number of anilines is 2. The first-order valence-corrected chi connectivity index (χ1v) is 9.70. The maximum Gasteiger partial charge on any atom is 0.209 e. The fourth-order valence-electron chi connectivity index (χ4n) is 2.91. The van der Waals surface area contributed by atoms with E-state index in [2.05, 4.69) is 48.5 Å². The van der Waals surface area contributed by atoms with Gasteiger partial charge in [-0.1, -0.05) is 37.3 Å². The Hall–Kier alpha value is -1.28. The van der Waals surface area contributed by atoms with Gasteiger partial charge in [0.05, 0.1) is 19.2 Å². The van der Waals surface area contributed by atoms with Crippen molar-refractivity contribution >= 4 is 34.4 Å². The number of piperidine rings is 1. The summed E-state index contributed by atoms with van der Waals surface area (Å²) in [5.74, 6) is 0.534. The molecule has 0 spiro atoms. The molecule has 0 radical (unpaired) electrons. The molecule has 1 fully saturated rings. The van der Waals surface area contributed by atoms with E-state index in [4.69, 9.17) is 12.2 Å². The molecule has 5 nitrogen and oxygen atoms in total. The molecule has 7 heteroatoms. The van der Waals surface area contributed by atoms with Crippen molar-refractivity contribution in [2.75, 3.05) is 18.4 Å². The van der Waals surface area contributed by atoms with Crippen LogP contribution in [0.15, 0.2) is 24.3 Å². The molecule has 1 aliphatic heterocycles. The van der Waals surface area contributed by atoms with E-state index < -0.39 is 0 Å². The van der Waals surface area contributed by atoms with Crippen LogP contribution in [0.5, 0.6) is 0 Å². The maximum atomic E-state index is 9.61. The van der Waals surface area contributed by atoms with E-state index in [-0.39, 0.29) is 6.10 Å². The normalized spacial score (nSPS) is 21.2. The van der Waals surface area contributed by atoms with Gasteiger partial charge in [0.25, 0.3) is 0 Å². The summed E-state index contributed by atoms with van der Waals surface area (Å²) in [4.78, 5) is 1.43. The number of aromatic nitrogens is 2. The largest absolute Gasteiger partial charge is 0.393 e. The number of hydrogen-bond donors (Lipinski definition) is 3. The molecule has 24 heavy (non-hydrogen) atoms. The third kappa shape index (κ3) is 4.42. The number of aliphatic hydroxyl groups is 1. The van der Waals surface area contributed by atoms with Gasteiger partial charge in [0.1, 0.15) is 0 Å². The first-order valence-electron chi connectivity index (χ1n) is 8.48. The first kappa shape index (κ1) is 17.5. The van der Waals surface area contributed by atoms with Crippen LogP contribution < -0.4 is 10.2 Å². The van der Waals surface area contributed by atoms with E-state index in [1.807, 2.05) is 4.68 Å². The van der Waals surface area contributed by atoms with Gasteiger partial charge in [-0.3, -0.25) is 0 Å². The summed E-state index contributed by atoms with van der Waals surface area (Å²) in [5.41, 5.74) is 2.36. The first-order chi connectivity index (χ1) is 11.5. The number of quaternary nitrogens is 1. The summed E-state index contributed by atoms with van der Waals surface area (Å²) in [7, 11) is 0. The predicted octanol–water partition coefficient (Wildman–Crippen LogP) is 2.54. The number of aliphatic hydroxyl groups excluding tert-OH is 1. The molecule has 3 rings (SSSR count). The number of rotatable bonds is 5. The monoisotopic (exact) mass is 365 g/mol. The zero-order valence-electron chi connectivity index (χ0n) is 14.2. The second kappa shape index (κ2) is 7.74. The summed E-state index contributed by atoms with van der Waals surface area (Å²) in [6.45, 7) is 7.10. The molecule has 2 aromatic rings. The van der Waals surface area contributed by atoms with Crippen molar-refractivity contribution in [3.05, 3.63) is 33.8 Å². The van der Waals surface area contributed by atoms with Crippen LogP contribution in [0.2, 0.25) is 0 Å². The van der Waals surface area contributed by atoms with Crippen molar-refractivity contribution in [1.29, 1.82) is 0 Å². The van der Waals surface area contributed by atoms with Crippen LogP contribution in [0.4, 0.5) is 10.8 Å². The van der Waals surface area contributed by atoms with Crippen LogP contribution in [0.3, 0.4) is 0 Å². The lowest BCUT2D eigenvalue weighted by Gasteiger charge is -2.26. The number of hydrogen-bond acceptors (Lipinski definition) is 5. The molecule has 0 aliphatic carbocycles.